The second-order valence-electron chi connectivity index (χ2n) is 6.84. The van der Waals surface area contributed by atoms with E-state index in [1.807, 2.05) is 25.9 Å². The number of fused-ring (bicyclic) bond motifs is 1. The van der Waals surface area contributed by atoms with Gasteiger partial charge in [-0.25, -0.2) is 4.98 Å². The van der Waals surface area contributed by atoms with Crippen LogP contribution in [0.3, 0.4) is 0 Å². The molecule has 3 aromatic rings. The molecule has 0 aliphatic heterocycles. The van der Waals surface area contributed by atoms with Gasteiger partial charge >= 0.3 is 0 Å². The van der Waals surface area contributed by atoms with Crippen molar-refractivity contribution in [3.05, 3.63) is 57.1 Å². The van der Waals surface area contributed by atoms with Crippen LogP contribution in [-0.4, -0.2) is 43.0 Å². The first-order valence-electron chi connectivity index (χ1n) is 8.55. The van der Waals surface area contributed by atoms with Gasteiger partial charge in [0.1, 0.15) is 0 Å². The molecule has 0 aliphatic carbocycles. The van der Waals surface area contributed by atoms with Crippen LogP contribution in [-0.2, 0) is 0 Å². The Morgan fingerprint density at radius 1 is 1.04 bits per heavy atom. The van der Waals surface area contributed by atoms with Crippen LogP contribution in [0.15, 0.2) is 30.3 Å². The third kappa shape index (κ3) is 4.61. The van der Waals surface area contributed by atoms with Crippen LogP contribution in [0, 0.1) is 13.8 Å². The molecule has 0 radical (unpaired) electrons. The van der Waals surface area contributed by atoms with Crippen molar-refractivity contribution in [3.63, 3.8) is 0 Å². The molecule has 7 heteroatoms. The van der Waals surface area contributed by atoms with Gasteiger partial charge in [-0.05, 0) is 63.3 Å². The number of amides is 1. The first-order valence-corrected chi connectivity index (χ1v) is 10.1. The number of carbonyl (C=O) groups excluding carboxylic acids is 1. The normalized spacial score (nSPS) is 11.4. The van der Waals surface area contributed by atoms with Gasteiger partial charge in [-0.3, -0.25) is 9.69 Å². The zero-order chi connectivity index (χ0) is 19.7. The van der Waals surface area contributed by atoms with E-state index in [1.165, 1.54) is 16.9 Å². The zero-order valence-corrected chi connectivity index (χ0v) is 18.0. The van der Waals surface area contributed by atoms with Crippen LogP contribution in [0.4, 0.5) is 5.13 Å². The summed E-state index contributed by atoms with van der Waals surface area (Å²) >= 11 is 13.7. The highest BCUT2D eigenvalue weighted by Crippen LogP contribution is 2.33. The molecule has 2 aromatic carbocycles. The molecule has 0 N–H and O–H groups in total. The number of likely N-dealkylation sites (N-methyl/N-ethyl adjacent to an activating group) is 1. The Morgan fingerprint density at radius 3 is 2.33 bits per heavy atom. The summed E-state index contributed by atoms with van der Waals surface area (Å²) < 4.78 is 1.08. The summed E-state index contributed by atoms with van der Waals surface area (Å²) in [4.78, 5) is 21.8. The van der Waals surface area contributed by atoms with Gasteiger partial charge in [0.2, 0.25) is 0 Å². The molecule has 0 atom stereocenters. The fraction of sp³-hybridized carbons (Fsp3) is 0.300. The number of anilines is 1. The van der Waals surface area contributed by atoms with Crippen LogP contribution in [0.2, 0.25) is 10.0 Å². The highest BCUT2D eigenvalue weighted by Gasteiger charge is 2.22. The van der Waals surface area contributed by atoms with Gasteiger partial charge in [0.15, 0.2) is 5.13 Å². The first-order chi connectivity index (χ1) is 12.7. The summed E-state index contributed by atoms with van der Waals surface area (Å²) in [5, 5.41) is 1.56. The number of aromatic nitrogens is 1. The molecular formula is C20H21Cl2N3OS. The average molecular weight is 422 g/mol. The lowest BCUT2D eigenvalue weighted by molar-refractivity contribution is 0.0985. The van der Waals surface area contributed by atoms with Gasteiger partial charge in [-0.1, -0.05) is 40.6 Å². The monoisotopic (exact) mass is 421 g/mol. The molecule has 0 fully saturated rings. The highest BCUT2D eigenvalue weighted by molar-refractivity contribution is 7.22. The lowest BCUT2D eigenvalue weighted by Crippen LogP contribution is -2.36. The third-order valence-corrected chi connectivity index (χ3v) is 5.64. The number of rotatable bonds is 5. The Morgan fingerprint density at radius 2 is 1.70 bits per heavy atom. The van der Waals surface area contributed by atoms with E-state index in [1.54, 1.807) is 23.1 Å². The summed E-state index contributed by atoms with van der Waals surface area (Å²) in [5.74, 6) is -0.158. The Balaban J connectivity index is 2.05. The lowest BCUT2D eigenvalue weighted by atomic mass is 10.1. The maximum absolute atomic E-state index is 13.2. The van der Waals surface area contributed by atoms with Gasteiger partial charge in [0.05, 0.1) is 10.2 Å². The lowest BCUT2D eigenvalue weighted by Gasteiger charge is -2.22. The number of hydrogen-bond acceptors (Lipinski definition) is 4. The van der Waals surface area contributed by atoms with Crippen molar-refractivity contribution in [2.45, 2.75) is 13.8 Å². The molecule has 1 amide bonds. The van der Waals surface area contributed by atoms with Crippen molar-refractivity contribution in [1.29, 1.82) is 0 Å². The van der Waals surface area contributed by atoms with E-state index in [0.29, 0.717) is 33.8 Å². The van der Waals surface area contributed by atoms with Gasteiger partial charge in [-0.2, -0.15) is 0 Å². The molecule has 0 spiro atoms. The van der Waals surface area contributed by atoms with Crippen LogP contribution < -0.4 is 4.90 Å². The van der Waals surface area contributed by atoms with Gasteiger partial charge in [-0.15, -0.1) is 0 Å². The smallest absolute Gasteiger partial charge is 0.260 e. The quantitative estimate of drug-likeness (QED) is 0.550. The molecule has 3 rings (SSSR count). The number of aryl methyl sites for hydroxylation is 2. The summed E-state index contributed by atoms with van der Waals surface area (Å²) in [6, 6.07) is 9.11. The molecular weight excluding hydrogens is 401 g/mol. The molecule has 27 heavy (non-hydrogen) atoms. The Kier molecular flexibility index (Phi) is 6.06. The number of thiazole rings is 1. The van der Waals surface area contributed by atoms with E-state index < -0.39 is 0 Å². The Bertz CT molecular complexity index is 980. The molecule has 0 aliphatic rings. The van der Waals surface area contributed by atoms with Gasteiger partial charge in [0.25, 0.3) is 5.91 Å². The summed E-state index contributed by atoms with van der Waals surface area (Å²) in [6.45, 7) is 5.35. The van der Waals surface area contributed by atoms with Crippen LogP contribution >= 0.6 is 34.5 Å². The molecule has 1 aromatic heterocycles. The van der Waals surface area contributed by atoms with Gasteiger partial charge in [0, 0.05) is 28.7 Å². The minimum Gasteiger partial charge on any atom is -0.308 e. The largest absolute Gasteiger partial charge is 0.308 e. The van der Waals surface area contributed by atoms with E-state index in [4.69, 9.17) is 28.2 Å². The predicted molar refractivity (Wildman–Crippen MR) is 116 cm³/mol. The minimum absolute atomic E-state index is 0.158. The molecule has 4 nitrogen and oxygen atoms in total. The molecule has 0 bridgehead atoms. The number of carbonyl (C=O) groups is 1. The van der Waals surface area contributed by atoms with Crippen molar-refractivity contribution in [1.82, 2.24) is 9.88 Å². The van der Waals surface area contributed by atoms with Crippen molar-refractivity contribution >= 4 is 55.8 Å². The number of nitrogens with zero attached hydrogens (tertiary/aromatic N) is 3. The number of halogens is 2. The standard InChI is InChI=1S/C20H21Cl2N3OS/c1-12-7-13(2)18-17(8-12)27-20(23-18)25(6-5-24(3)4)19(26)14-9-15(21)11-16(22)10-14/h7-11H,5-6H2,1-4H3. The number of hydrogen-bond donors (Lipinski definition) is 0. The SMILES string of the molecule is Cc1cc(C)c2nc(N(CCN(C)C)C(=O)c3cc(Cl)cc(Cl)c3)sc2c1. The molecule has 142 valence electrons. The maximum Gasteiger partial charge on any atom is 0.260 e. The Hall–Kier alpha value is -1.66. The first kappa shape index (κ1) is 20.1. The van der Waals surface area contributed by atoms with Crippen molar-refractivity contribution in [2.24, 2.45) is 0 Å². The molecule has 0 unspecified atom stereocenters. The van der Waals surface area contributed by atoms with Crippen LogP contribution in [0.25, 0.3) is 10.2 Å². The van der Waals surface area contributed by atoms with E-state index in [9.17, 15) is 4.79 Å². The van der Waals surface area contributed by atoms with Crippen LogP contribution in [0.5, 0.6) is 0 Å². The van der Waals surface area contributed by atoms with E-state index in [-0.39, 0.29) is 5.91 Å². The van der Waals surface area contributed by atoms with E-state index in [0.717, 1.165) is 15.8 Å². The van der Waals surface area contributed by atoms with Crippen molar-refractivity contribution in [3.8, 4) is 0 Å². The topological polar surface area (TPSA) is 36.4 Å². The second kappa shape index (κ2) is 8.15. The average Bonchev–Trinajstić information content (AvgIpc) is 2.97. The molecule has 0 saturated heterocycles. The van der Waals surface area contributed by atoms with Crippen LogP contribution in [0.1, 0.15) is 21.5 Å². The fourth-order valence-electron chi connectivity index (χ4n) is 2.89. The molecule has 1 heterocycles. The van der Waals surface area contributed by atoms with E-state index in [2.05, 4.69) is 19.1 Å². The van der Waals surface area contributed by atoms with Gasteiger partial charge < -0.3 is 4.90 Å². The minimum atomic E-state index is -0.158. The molecule has 0 saturated carbocycles. The summed E-state index contributed by atoms with van der Waals surface area (Å²) in [7, 11) is 3.95. The second-order valence-corrected chi connectivity index (χ2v) is 8.73. The number of benzene rings is 2. The van der Waals surface area contributed by atoms with Crippen molar-refractivity contribution < 1.29 is 4.79 Å². The fourth-order valence-corrected chi connectivity index (χ4v) is 4.58. The highest BCUT2D eigenvalue weighted by atomic mass is 35.5. The summed E-state index contributed by atoms with van der Waals surface area (Å²) in [5.41, 5.74) is 3.69. The zero-order valence-electron chi connectivity index (χ0n) is 15.7. The predicted octanol–water partition coefficient (Wildman–Crippen LogP) is 5.43. The summed E-state index contributed by atoms with van der Waals surface area (Å²) in [6.07, 6.45) is 0. The Labute approximate surface area is 173 Å². The van der Waals surface area contributed by atoms with E-state index >= 15 is 0 Å². The third-order valence-electron chi connectivity index (χ3n) is 4.17. The van der Waals surface area contributed by atoms with Crippen molar-refractivity contribution in [2.75, 3.05) is 32.1 Å². The maximum atomic E-state index is 13.2.